The van der Waals surface area contributed by atoms with Crippen molar-refractivity contribution in [3.63, 3.8) is 0 Å². The lowest BCUT2D eigenvalue weighted by molar-refractivity contribution is -0.0498. The highest BCUT2D eigenvalue weighted by Crippen LogP contribution is 2.26. The van der Waals surface area contributed by atoms with E-state index in [9.17, 15) is 22.0 Å². The lowest BCUT2D eigenvalue weighted by Crippen LogP contribution is -2.15. The fourth-order valence-electron chi connectivity index (χ4n) is 1.77. The van der Waals surface area contributed by atoms with Gasteiger partial charge in [0.2, 0.25) is 0 Å². The highest BCUT2D eigenvalue weighted by Gasteiger charge is 2.19. The molecule has 1 N–H and O–H groups in total. The number of alkyl halides is 2. The Morgan fingerprint density at radius 1 is 1.17 bits per heavy atom. The molecule has 24 heavy (non-hydrogen) atoms. The maximum Gasteiger partial charge on any atom is 0.387 e. The molecule has 0 aliphatic heterocycles. The topological polar surface area (TPSA) is 72.5 Å². The second-order valence-corrected chi connectivity index (χ2v) is 7.36. The largest absolute Gasteiger partial charge is 0.435 e. The Hall–Kier alpha value is -1.71. The summed E-state index contributed by atoms with van der Waals surface area (Å²) in [7, 11) is -4.05. The van der Waals surface area contributed by atoms with Crippen LogP contribution >= 0.6 is 27.5 Å². The fourth-order valence-corrected chi connectivity index (χ4v) is 3.37. The van der Waals surface area contributed by atoms with E-state index in [2.05, 4.69) is 25.4 Å². The summed E-state index contributed by atoms with van der Waals surface area (Å²) >= 11 is 8.60. The Labute approximate surface area is 149 Å². The summed E-state index contributed by atoms with van der Waals surface area (Å²) in [6.45, 7) is -3.01. The van der Waals surface area contributed by atoms with Gasteiger partial charge in [-0.2, -0.15) is 8.78 Å². The van der Waals surface area contributed by atoms with Crippen LogP contribution in [0.2, 0.25) is 0 Å². The fraction of sp³-hybridized carbons (Fsp3) is 0.0714. The maximum atomic E-state index is 12.3. The molecular weight excluding hydrogens is 432 g/mol. The summed E-state index contributed by atoms with van der Waals surface area (Å²) in [4.78, 5) is 11.2. The molecule has 0 aliphatic carbocycles. The van der Waals surface area contributed by atoms with Crippen molar-refractivity contribution in [1.29, 1.82) is 0 Å². The minimum Gasteiger partial charge on any atom is -0.435 e. The van der Waals surface area contributed by atoms with E-state index in [0.29, 0.717) is 4.47 Å². The molecule has 2 aromatic carbocycles. The van der Waals surface area contributed by atoms with Crippen molar-refractivity contribution in [2.75, 3.05) is 4.72 Å². The number of nitrogens with one attached hydrogen (secondary N) is 1. The molecule has 0 spiro atoms. The van der Waals surface area contributed by atoms with Crippen molar-refractivity contribution in [2.45, 2.75) is 11.5 Å². The molecule has 0 saturated heterocycles. The van der Waals surface area contributed by atoms with Gasteiger partial charge in [0.25, 0.3) is 15.3 Å². The molecule has 2 rings (SSSR count). The van der Waals surface area contributed by atoms with E-state index in [4.69, 9.17) is 11.6 Å². The molecule has 0 aliphatic rings. The normalized spacial score (nSPS) is 11.4. The van der Waals surface area contributed by atoms with Gasteiger partial charge < -0.3 is 4.74 Å². The van der Waals surface area contributed by atoms with E-state index in [-0.39, 0.29) is 21.9 Å². The molecule has 10 heteroatoms. The molecule has 0 atom stereocenters. The van der Waals surface area contributed by atoms with Crippen molar-refractivity contribution in [1.82, 2.24) is 0 Å². The van der Waals surface area contributed by atoms with Gasteiger partial charge in [-0.3, -0.25) is 9.52 Å². The standard InChI is InChI=1S/C14H9BrClF2NO4S/c15-8-1-6-12(11(7-8)13(16)20)19-24(21,22)10-4-2-9(3-5-10)23-14(17)18/h1-7,14,19H. The minimum atomic E-state index is -4.05. The smallest absolute Gasteiger partial charge is 0.387 e. The zero-order valence-corrected chi connectivity index (χ0v) is 14.8. The highest BCUT2D eigenvalue weighted by atomic mass is 79.9. The van der Waals surface area contributed by atoms with E-state index < -0.39 is 21.9 Å². The average Bonchev–Trinajstić information content (AvgIpc) is 2.48. The van der Waals surface area contributed by atoms with Crippen LogP contribution in [0.25, 0.3) is 0 Å². The summed E-state index contributed by atoms with van der Waals surface area (Å²) in [5.74, 6) is -0.177. The van der Waals surface area contributed by atoms with Crippen LogP contribution in [0, 0.1) is 0 Å². The first kappa shape index (κ1) is 18.6. The molecule has 5 nitrogen and oxygen atoms in total. The summed E-state index contributed by atoms with van der Waals surface area (Å²) in [6, 6.07) is 8.65. The van der Waals surface area contributed by atoms with Crippen molar-refractivity contribution in [2.24, 2.45) is 0 Å². The van der Waals surface area contributed by atoms with Crippen molar-refractivity contribution in [3.8, 4) is 5.75 Å². The van der Waals surface area contributed by atoms with Crippen LogP contribution in [-0.2, 0) is 10.0 Å². The Bertz CT molecular complexity index is 860. The first-order chi connectivity index (χ1) is 11.2. The van der Waals surface area contributed by atoms with Crippen molar-refractivity contribution >= 4 is 48.5 Å². The number of benzene rings is 2. The van der Waals surface area contributed by atoms with Gasteiger partial charge >= 0.3 is 6.61 Å². The highest BCUT2D eigenvalue weighted by molar-refractivity contribution is 9.10. The van der Waals surface area contributed by atoms with Crippen LogP contribution < -0.4 is 9.46 Å². The third-order valence-electron chi connectivity index (χ3n) is 2.80. The summed E-state index contributed by atoms with van der Waals surface area (Å²) < 4.78 is 55.8. The van der Waals surface area contributed by atoms with Gasteiger partial charge in [0.15, 0.2) is 0 Å². The number of hydrogen-bond acceptors (Lipinski definition) is 4. The first-order valence-electron chi connectivity index (χ1n) is 6.26. The average molecular weight is 441 g/mol. The van der Waals surface area contributed by atoms with Gasteiger partial charge in [-0.15, -0.1) is 0 Å². The van der Waals surface area contributed by atoms with Gasteiger partial charge in [0.05, 0.1) is 16.1 Å². The maximum absolute atomic E-state index is 12.3. The van der Waals surface area contributed by atoms with Gasteiger partial charge in [0, 0.05) is 4.47 Å². The van der Waals surface area contributed by atoms with Crippen molar-refractivity contribution < 1.29 is 26.7 Å². The van der Waals surface area contributed by atoms with E-state index in [1.54, 1.807) is 0 Å². The summed E-state index contributed by atoms with van der Waals surface area (Å²) in [5.41, 5.74) is -0.0432. The van der Waals surface area contributed by atoms with Crippen LogP contribution in [0.4, 0.5) is 14.5 Å². The number of carbonyl (C=O) groups excluding carboxylic acids is 1. The number of rotatable bonds is 6. The zero-order chi connectivity index (χ0) is 17.9. The predicted octanol–water partition coefficient (Wildman–Crippen LogP) is 4.23. The summed E-state index contributed by atoms with van der Waals surface area (Å²) in [5, 5.41) is -0.838. The summed E-state index contributed by atoms with van der Waals surface area (Å²) in [6.07, 6.45) is 0. The molecule has 0 amide bonds. The molecule has 0 radical (unpaired) electrons. The van der Waals surface area contributed by atoms with Gasteiger partial charge in [0.1, 0.15) is 5.75 Å². The molecule has 0 saturated carbocycles. The number of hydrogen-bond donors (Lipinski definition) is 1. The zero-order valence-electron chi connectivity index (χ0n) is 11.7. The first-order valence-corrected chi connectivity index (χ1v) is 8.91. The Balaban J connectivity index is 2.30. The quantitative estimate of drug-likeness (QED) is 0.682. The lowest BCUT2D eigenvalue weighted by atomic mass is 10.2. The van der Waals surface area contributed by atoms with Crippen molar-refractivity contribution in [3.05, 3.63) is 52.5 Å². The van der Waals surface area contributed by atoms with E-state index in [0.717, 1.165) is 24.3 Å². The second-order valence-electron chi connectivity index (χ2n) is 4.42. The Kier molecular flexibility index (Phi) is 5.79. The molecular formula is C14H9BrClF2NO4S. The number of anilines is 1. The molecule has 2 aromatic rings. The molecule has 128 valence electrons. The van der Waals surface area contributed by atoms with Gasteiger partial charge in [-0.25, -0.2) is 8.42 Å². The Morgan fingerprint density at radius 3 is 2.33 bits per heavy atom. The molecule has 0 heterocycles. The van der Waals surface area contributed by atoms with E-state index in [1.165, 1.54) is 18.2 Å². The lowest BCUT2D eigenvalue weighted by Gasteiger charge is -2.11. The van der Waals surface area contributed by atoms with Crippen LogP contribution in [-0.4, -0.2) is 20.3 Å². The van der Waals surface area contributed by atoms with Gasteiger partial charge in [-0.05, 0) is 54.1 Å². The molecule has 0 fully saturated rings. The predicted molar refractivity (Wildman–Crippen MR) is 88.2 cm³/mol. The molecule has 0 aromatic heterocycles. The SMILES string of the molecule is O=C(Cl)c1cc(Br)ccc1NS(=O)(=O)c1ccc(OC(F)F)cc1. The van der Waals surface area contributed by atoms with E-state index in [1.807, 2.05) is 0 Å². The molecule has 0 unspecified atom stereocenters. The monoisotopic (exact) mass is 439 g/mol. The number of halogens is 4. The molecule has 0 bridgehead atoms. The van der Waals surface area contributed by atoms with Crippen LogP contribution in [0.15, 0.2) is 51.8 Å². The minimum absolute atomic E-state index is 0.00823. The van der Waals surface area contributed by atoms with Crippen LogP contribution in [0.3, 0.4) is 0 Å². The third kappa shape index (κ3) is 4.65. The number of carbonyl (C=O) groups is 1. The number of ether oxygens (including phenoxy) is 1. The Morgan fingerprint density at radius 2 is 1.79 bits per heavy atom. The second kappa shape index (κ2) is 7.45. The number of sulfonamides is 1. The van der Waals surface area contributed by atoms with E-state index >= 15 is 0 Å². The van der Waals surface area contributed by atoms with Gasteiger partial charge in [-0.1, -0.05) is 15.9 Å². The van der Waals surface area contributed by atoms with Crippen LogP contribution in [0.5, 0.6) is 5.75 Å². The third-order valence-corrected chi connectivity index (χ3v) is 4.88. The van der Waals surface area contributed by atoms with Crippen LogP contribution in [0.1, 0.15) is 10.4 Å².